The average Bonchev–Trinajstić information content (AvgIpc) is 2.36. The predicted octanol–water partition coefficient (Wildman–Crippen LogP) is 0.650. The van der Waals surface area contributed by atoms with E-state index in [4.69, 9.17) is 5.11 Å². The molecule has 5 nitrogen and oxygen atoms in total. The Kier molecular flexibility index (Phi) is 6.45. The summed E-state index contributed by atoms with van der Waals surface area (Å²) in [4.78, 5) is 9.33. The van der Waals surface area contributed by atoms with E-state index in [1.807, 2.05) is 6.92 Å². The summed E-state index contributed by atoms with van der Waals surface area (Å²) >= 11 is 0. The molecular formula is C11H18F2N4O. The molecule has 0 unspecified atom stereocenters. The van der Waals surface area contributed by atoms with Crippen LogP contribution < -0.4 is 10.2 Å². The Balaban J connectivity index is 2.67. The second kappa shape index (κ2) is 7.88. The minimum atomic E-state index is -2.48. The van der Waals surface area contributed by atoms with Gasteiger partial charge in [0.15, 0.2) is 0 Å². The summed E-state index contributed by atoms with van der Waals surface area (Å²) in [7, 11) is 0. The van der Waals surface area contributed by atoms with Gasteiger partial charge in [-0.2, -0.15) is 0 Å². The molecule has 0 aliphatic rings. The second-order valence-electron chi connectivity index (χ2n) is 3.73. The standard InChI is InChI=1S/C11H18F2N4O/c1-2-14-5-9-6-15-11(16-7-9)17(3-4-18)8-10(12)13/h6-7,10,14,18H,2-5,8H2,1H3. The third kappa shape index (κ3) is 4.89. The summed E-state index contributed by atoms with van der Waals surface area (Å²) in [6.07, 6.45) is 0.711. The van der Waals surface area contributed by atoms with Gasteiger partial charge in [0.05, 0.1) is 13.2 Å². The number of alkyl halides is 2. The van der Waals surface area contributed by atoms with E-state index in [-0.39, 0.29) is 19.1 Å². The van der Waals surface area contributed by atoms with E-state index in [1.165, 1.54) is 4.90 Å². The third-order valence-electron chi connectivity index (χ3n) is 2.28. The van der Waals surface area contributed by atoms with Crippen LogP contribution in [0.15, 0.2) is 12.4 Å². The monoisotopic (exact) mass is 260 g/mol. The van der Waals surface area contributed by atoms with E-state index >= 15 is 0 Å². The van der Waals surface area contributed by atoms with E-state index in [2.05, 4.69) is 15.3 Å². The fourth-order valence-electron chi connectivity index (χ4n) is 1.43. The number of aliphatic hydroxyl groups excluding tert-OH is 1. The number of hydrogen-bond acceptors (Lipinski definition) is 5. The van der Waals surface area contributed by atoms with Crippen molar-refractivity contribution < 1.29 is 13.9 Å². The molecule has 1 aromatic rings. The van der Waals surface area contributed by atoms with Crippen LogP contribution in [0.5, 0.6) is 0 Å². The Morgan fingerprint density at radius 2 is 2.06 bits per heavy atom. The highest BCUT2D eigenvalue weighted by molar-refractivity contribution is 5.29. The molecule has 0 aromatic carbocycles. The summed E-state index contributed by atoms with van der Waals surface area (Å²) in [6, 6.07) is 0. The predicted molar refractivity (Wildman–Crippen MR) is 64.7 cm³/mol. The molecule has 0 spiro atoms. The minimum Gasteiger partial charge on any atom is -0.395 e. The van der Waals surface area contributed by atoms with Crippen LogP contribution in [0, 0.1) is 0 Å². The van der Waals surface area contributed by atoms with Crippen molar-refractivity contribution in [2.45, 2.75) is 19.9 Å². The first-order valence-electron chi connectivity index (χ1n) is 5.83. The number of hydrogen-bond donors (Lipinski definition) is 2. The number of nitrogens with zero attached hydrogens (tertiary/aromatic N) is 3. The fourth-order valence-corrected chi connectivity index (χ4v) is 1.43. The lowest BCUT2D eigenvalue weighted by atomic mass is 10.3. The zero-order chi connectivity index (χ0) is 13.4. The van der Waals surface area contributed by atoms with E-state index in [0.29, 0.717) is 6.54 Å². The fraction of sp³-hybridized carbons (Fsp3) is 0.636. The number of aliphatic hydroxyl groups is 1. The summed E-state index contributed by atoms with van der Waals surface area (Å²) < 4.78 is 24.7. The second-order valence-corrected chi connectivity index (χ2v) is 3.73. The number of rotatable bonds is 8. The Morgan fingerprint density at radius 3 is 2.56 bits per heavy atom. The highest BCUT2D eigenvalue weighted by Gasteiger charge is 2.14. The first-order valence-corrected chi connectivity index (χ1v) is 5.83. The van der Waals surface area contributed by atoms with Gasteiger partial charge in [-0.05, 0) is 6.54 Å². The first kappa shape index (κ1) is 14.7. The van der Waals surface area contributed by atoms with Crippen LogP contribution in [-0.4, -0.2) is 47.7 Å². The van der Waals surface area contributed by atoms with Crippen LogP contribution in [0.25, 0.3) is 0 Å². The molecule has 0 bridgehead atoms. The van der Waals surface area contributed by atoms with Crippen molar-refractivity contribution in [1.82, 2.24) is 15.3 Å². The van der Waals surface area contributed by atoms with Crippen LogP contribution in [0.2, 0.25) is 0 Å². The molecular weight excluding hydrogens is 242 g/mol. The minimum absolute atomic E-state index is 0.0941. The van der Waals surface area contributed by atoms with Gasteiger partial charge >= 0.3 is 0 Å². The molecule has 0 fully saturated rings. The lowest BCUT2D eigenvalue weighted by Crippen LogP contribution is -2.33. The number of halogens is 2. The Bertz CT molecular complexity index is 334. The summed E-state index contributed by atoms with van der Waals surface area (Å²) in [5.74, 6) is 0.213. The molecule has 2 N–H and O–H groups in total. The maximum atomic E-state index is 12.4. The highest BCUT2D eigenvalue weighted by Crippen LogP contribution is 2.09. The SMILES string of the molecule is CCNCc1cnc(N(CCO)CC(F)F)nc1. The third-order valence-corrected chi connectivity index (χ3v) is 2.28. The lowest BCUT2D eigenvalue weighted by molar-refractivity contribution is 0.152. The maximum absolute atomic E-state index is 12.4. The zero-order valence-electron chi connectivity index (χ0n) is 10.3. The largest absolute Gasteiger partial charge is 0.395 e. The molecule has 0 aliphatic carbocycles. The van der Waals surface area contributed by atoms with Gasteiger partial charge < -0.3 is 15.3 Å². The van der Waals surface area contributed by atoms with Crippen molar-refractivity contribution in [3.05, 3.63) is 18.0 Å². The summed E-state index contributed by atoms with van der Waals surface area (Å²) in [5.41, 5.74) is 0.890. The van der Waals surface area contributed by atoms with Gasteiger partial charge in [-0.1, -0.05) is 6.92 Å². The van der Waals surface area contributed by atoms with Gasteiger partial charge in [0.25, 0.3) is 6.43 Å². The van der Waals surface area contributed by atoms with Crippen LogP contribution in [-0.2, 0) is 6.54 Å². The highest BCUT2D eigenvalue weighted by atomic mass is 19.3. The van der Waals surface area contributed by atoms with Crippen molar-refractivity contribution in [3.63, 3.8) is 0 Å². The van der Waals surface area contributed by atoms with Gasteiger partial charge in [-0.3, -0.25) is 0 Å². The molecule has 0 saturated carbocycles. The van der Waals surface area contributed by atoms with Crippen molar-refractivity contribution >= 4 is 5.95 Å². The molecule has 0 aliphatic heterocycles. The van der Waals surface area contributed by atoms with E-state index in [9.17, 15) is 8.78 Å². The molecule has 0 atom stereocenters. The number of anilines is 1. The molecule has 0 radical (unpaired) electrons. The number of nitrogens with one attached hydrogen (secondary N) is 1. The molecule has 102 valence electrons. The van der Waals surface area contributed by atoms with Gasteiger partial charge in [0, 0.05) is 31.0 Å². The van der Waals surface area contributed by atoms with Crippen molar-refractivity contribution in [3.8, 4) is 0 Å². The van der Waals surface area contributed by atoms with Gasteiger partial charge in [-0.15, -0.1) is 0 Å². The Morgan fingerprint density at radius 1 is 1.39 bits per heavy atom. The average molecular weight is 260 g/mol. The molecule has 0 amide bonds. The molecule has 1 aromatic heterocycles. The topological polar surface area (TPSA) is 61.3 Å². The van der Waals surface area contributed by atoms with E-state index in [1.54, 1.807) is 12.4 Å². The van der Waals surface area contributed by atoms with Gasteiger partial charge in [0.1, 0.15) is 0 Å². The summed E-state index contributed by atoms with van der Waals surface area (Å²) in [6.45, 7) is 2.87. The van der Waals surface area contributed by atoms with Gasteiger partial charge in [-0.25, -0.2) is 18.7 Å². The Labute approximate surface area is 105 Å². The normalized spacial score (nSPS) is 10.9. The number of aromatic nitrogens is 2. The first-order chi connectivity index (χ1) is 8.67. The van der Waals surface area contributed by atoms with Gasteiger partial charge in [0.2, 0.25) is 5.95 Å². The van der Waals surface area contributed by atoms with Crippen LogP contribution in [0.1, 0.15) is 12.5 Å². The van der Waals surface area contributed by atoms with E-state index < -0.39 is 13.0 Å². The molecule has 1 heterocycles. The van der Waals surface area contributed by atoms with Crippen LogP contribution in [0.3, 0.4) is 0 Å². The summed E-state index contributed by atoms with van der Waals surface area (Å²) in [5, 5.41) is 11.9. The molecule has 18 heavy (non-hydrogen) atoms. The van der Waals surface area contributed by atoms with Crippen molar-refractivity contribution in [2.75, 3.05) is 31.1 Å². The molecule has 1 rings (SSSR count). The smallest absolute Gasteiger partial charge is 0.255 e. The Hall–Kier alpha value is -1.34. The van der Waals surface area contributed by atoms with Crippen LogP contribution >= 0.6 is 0 Å². The van der Waals surface area contributed by atoms with Crippen LogP contribution in [0.4, 0.5) is 14.7 Å². The van der Waals surface area contributed by atoms with Crippen molar-refractivity contribution in [2.24, 2.45) is 0 Å². The zero-order valence-corrected chi connectivity index (χ0v) is 10.3. The quantitative estimate of drug-likeness (QED) is 0.718. The van der Waals surface area contributed by atoms with Crippen molar-refractivity contribution in [1.29, 1.82) is 0 Å². The lowest BCUT2D eigenvalue weighted by Gasteiger charge is -2.20. The maximum Gasteiger partial charge on any atom is 0.255 e. The van der Waals surface area contributed by atoms with E-state index in [0.717, 1.165) is 12.1 Å². The molecule has 0 saturated heterocycles. The molecule has 7 heteroatoms.